The highest BCUT2D eigenvalue weighted by molar-refractivity contribution is 7.80. The van der Waals surface area contributed by atoms with Gasteiger partial charge in [0.15, 0.2) is 0 Å². The summed E-state index contributed by atoms with van der Waals surface area (Å²) in [6.45, 7) is 6.90. The normalized spacial score (nSPS) is 10.3. The second kappa shape index (κ2) is 6.01. The number of rotatable bonds is 4. The van der Waals surface area contributed by atoms with E-state index in [0.29, 0.717) is 4.99 Å². The molecule has 0 aliphatic rings. The minimum absolute atomic E-state index is 0.388. The molecular formula is C16H19N3S. The van der Waals surface area contributed by atoms with E-state index in [1.54, 1.807) is 0 Å². The number of aromatic nitrogens is 1. The van der Waals surface area contributed by atoms with Crippen LogP contribution in [0.25, 0.3) is 0 Å². The van der Waals surface area contributed by atoms with Crippen molar-refractivity contribution < 1.29 is 0 Å². The summed E-state index contributed by atoms with van der Waals surface area (Å²) in [6, 6.07) is 12.2. The van der Waals surface area contributed by atoms with Gasteiger partial charge in [-0.1, -0.05) is 30.4 Å². The maximum Gasteiger partial charge on any atom is 0.143 e. The van der Waals surface area contributed by atoms with Gasteiger partial charge in [0.05, 0.1) is 5.56 Å². The summed E-state index contributed by atoms with van der Waals surface area (Å²) in [6.07, 6.45) is 0. The molecule has 0 bridgehead atoms. The largest absolute Gasteiger partial charge is 0.389 e. The van der Waals surface area contributed by atoms with E-state index < -0.39 is 0 Å². The number of hydrogen-bond donors (Lipinski definition) is 1. The zero-order valence-corrected chi connectivity index (χ0v) is 12.9. The Labute approximate surface area is 125 Å². The first-order chi connectivity index (χ1) is 9.54. The molecule has 2 rings (SSSR count). The van der Waals surface area contributed by atoms with Crippen LogP contribution in [0.3, 0.4) is 0 Å². The fraction of sp³-hybridized carbons (Fsp3) is 0.250. The highest BCUT2D eigenvalue weighted by Gasteiger charge is 2.17. The van der Waals surface area contributed by atoms with Crippen LogP contribution in [0.5, 0.6) is 0 Å². The molecule has 2 N–H and O–H groups in total. The van der Waals surface area contributed by atoms with Crippen LogP contribution in [0, 0.1) is 13.8 Å². The van der Waals surface area contributed by atoms with Crippen LogP contribution >= 0.6 is 12.2 Å². The molecule has 104 valence electrons. The highest BCUT2D eigenvalue weighted by atomic mass is 32.1. The Kier molecular flexibility index (Phi) is 4.35. The van der Waals surface area contributed by atoms with E-state index in [2.05, 4.69) is 28.9 Å². The summed E-state index contributed by atoms with van der Waals surface area (Å²) < 4.78 is 0. The predicted molar refractivity (Wildman–Crippen MR) is 88.7 cm³/mol. The van der Waals surface area contributed by atoms with E-state index in [1.807, 2.05) is 38.1 Å². The van der Waals surface area contributed by atoms with Gasteiger partial charge >= 0.3 is 0 Å². The lowest BCUT2D eigenvalue weighted by Crippen LogP contribution is -2.24. The fourth-order valence-electron chi connectivity index (χ4n) is 2.38. The molecule has 0 fully saturated rings. The van der Waals surface area contributed by atoms with E-state index in [-0.39, 0.29) is 0 Å². The first kappa shape index (κ1) is 14.5. The Balaban J connectivity index is 2.63. The third-order valence-electron chi connectivity index (χ3n) is 3.21. The van der Waals surface area contributed by atoms with E-state index >= 15 is 0 Å². The van der Waals surface area contributed by atoms with Gasteiger partial charge in [-0.3, -0.25) is 0 Å². The number of anilines is 2. The molecule has 0 aliphatic heterocycles. The highest BCUT2D eigenvalue weighted by Crippen LogP contribution is 2.28. The van der Waals surface area contributed by atoms with E-state index in [9.17, 15) is 0 Å². The number of hydrogen-bond acceptors (Lipinski definition) is 3. The minimum Gasteiger partial charge on any atom is -0.389 e. The van der Waals surface area contributed by atoms with Gasteiger partial charge < -0.3 is 10.6 Å². The number of thiocarbonyl (C=S) groups is 1. The first-order valence-electron chi connectivity index (χ1n) is 6.65. The number of benzene rings is 1. The smallest absolute Gasteiger partial charge is 0.143 e. The van der Waals surface area contributed by atoms with Crippen LogP contribution in [0.2, 0.25) is 0 Å². The van der Waals surface area contributed by atoms with Gasteiger partial charge in [0.1, 0.15) is 10.8 Å². The Bertz CT molecular complexity index is 623. The lowest BCUT2D eigenvalue weighted by molar-refractivity contribution is 0.972. The van der Waals surface area contributed by atoms with Gasteiger partial charge in [-0.15, -0.1) is 0 Å². The molecule has 1 heterocycles. The monoisotopic (exact) mass is 285 g/mol. The number of aryl methyl sites for hydroxylation is 2. The van der Waals surface area contributed by atoms with Crippen molar-refractivity contribution in [2.24, 2.45) is 5.73 Å². The standard InChI is InChI=1S/C16H19N3S/c1-4-19(13-8-6-5-7-9-13)16-14(15(17)20)11(2)10-12(3)18-16/h5-10H,4H2,1-3H3,(H2,17,20). The molecule has 0 unspecified atom stereocenters. The van der Waals surface area contributed by atoms with Gasteiger partial charge in [-0.05, 0) is 44.5 Å². The van der Waals surface area contributed by atoms with Crippen molar-refractivity contribution >= 4 is 28.7 Å². The van der Waals surface area contributed by atoms with Crippen LogP contribution < -0.4 is 10.6 Å². The lowest BCUT2D eigenvalue weighted by Gasteiger charge is -2.25. The maximum absolute atomic E-state index is 5.90. The quantitative estimate of drug-likeness (QED) is 0.873. The number of nitrogens with two attached hydrogens (primary N) is 1. The zero-order valence-electron chi connectivity index (χ0n) is 12.1. The summed E-state index contributed by atoms with van der Waals surface area (Å²) >= 11 is 5.21. The summed E-state index contributed by atoms with van der Waals surface area (Å²) in [5.74, 6) is 0.837. The van der Waals surface area contributed by atoms with Gasteiger partial charge in [0, 0.05) is 17.9 Å². The van der Waals surface area contributed by atoms with Crippen molar-refractivity contribution in [1.29, 1.82) is 0 Å². The molecule has 4 heteroatoms. The number of para-hydroxylation sites is 1. The number of nitrogens with zero attached hydrogens (tertiary/aromatic N) is 2. The Morgan fingerprint density at radius 1 is 1.25 bits per heavy atom. The molecule has 0 saturated carbocycles. The average molecular weight is 285 g/mol. The van der Waals surface area contributed by atoms with Gasteiger partial charge in [-0.25, -0.2) is 4.98 Å². The van der Waals surface area contributed by atoms with Crippen LogP contribution in [0.4, 0.5) is 11.5 Å². The molecule has 0 amide bonds. The molecule has 0 spiro atoms. The van der Waals surface area contributed by atoms with Gasteiger partial charge in [0.2, 0.25) is 0 Å². The van der Waals surface area contributed by atoms with Crippen molar-refractivity contribution in [3.63, 3.8) is 0 Å². The molecule has 20 heavy (non-hydrogen) atoms. The van der Waals surface area contributed by atoms with E-state index in [0.717, 1.165) is 34.9 Å². The molecular weight excluding hydrogens is 266 g/mol. The molecule has 3 nitrogen and oxygen atoms in total. The average Bonchev–Trinajstić information content (AvgIpc) is 2.39. The van der Waals surface area contributed by atoms with Crippen LogP contribution in [0.1, 0.15) is 23.7 Å². The Morgan fingerprint density at radius 3 is 2.45 bits per heavy atom. The van der Waals surface area contributed by atoms with Crippen molar-refractivity contribution in [2.75, 3.05) is 11.4 Å². The maximum atomic E-state index is 5.90. The predicted octanol–water partition coefficient (Wildman–Crippen LogP) is 3.49. The van der Waals surface area contributed by atoms with E-state index in [1.165, 1.54) is 0 Å². The molecule has 0 aliphatic carbocycles. The van der Waals surface area contributed by atoms with Gasteiger partial charge in [0.25, 0.3) is 0 Å². The van der Waals surface area contributed by atoms with Crippen LogP contribution in [-0.2, 0) is 0 Å². The molecule has 0 radical (unpaired) electrons. The SMILES string of the molecule is CCN(c1ccccc1)c1nc(C)cc(C)c1C(N)=S. The van der Waals surface area contributed by atoms with Crippen molar-refractivity contribution in [3.05, 3.63) is 53.2 Å². The summed E-state index contributed by atoms with van der Waals surface area (Å²) in [5.41, 5.74) is 9.88. The summed E-state index contributed by atoms with van der Waals surface area (Å²) in [5, 5.41) is 0. The van der Waals surface area contributed by atoms with Crippen molar-refractivity contribution in [2.45, 2.75) is 20.8 Å². The lowest BCUT2D eigenvalue weighted by atomic mass is 10.1. The molecule has 0 atom stereocenters. The Hall–Kier alpha value is -1.94. The van der Waals surface area contributed by atoms with Crippen LogP contribution in [0.15, 0.2) is 36.4 Å². The van der Waals surface area contributed by atoms with Crippen LogP contribution in [-0.4, -0.2) is 16.5 Å². The van der Waals surface area contributed by atoms with E-state index in [4.69, 9.17) is 18.0 Å². The summed E-state index contributed by atoms with van der Waals surface area (Å²) in [7, 11) is 0. The molecule has 1 aromatic carbocycles. The molecule has 2 aromatic rings. The third-order valence-corrected chi connectivity index (χ3v) is 3.42. The third kappa shape index (κ3) is 2.80. The fourth-order valence-corrected chi connectivity index (χ4v) is 2.63. The summed E-state index contributed by atoms with van der Waals surface area (Å²) in [4.78, 5) is 7.18. The second-order valence-electron chi connectivity index (χ2n) is 4.72. The van der Waals surface area contributed by atoms with Crippen molar-refractivity contribution in [3.8, 4) is 0 Å². The topological polar surface area (TPSA) is 42.2 Å². The minimum atomic E-state index is 0.388. The zero-order chi connectivity index (χ0) is 14.7. The second-order valence-corrected chi connectivity index (χ2v) is 5.16. The molecule has 1 aromatic heterocycles. The molecule has 0 saturated heterocycles. The Morgan fingerprint density at radius 2 is 1.90 bits per heavy atom. The van der Waals surface area contributed by atoms with Gasteiger partial charge in [-0.2, -0.15) is 0 Å². The van der Waals surface area contributed by atoms with Crippen molar-refractivity contribution in [1.82, 2.24) is 4.98 Å². The first-order valence-corrected chi connectivity index (χ1v) is 7.06. The number of pyridine rings is 1.